The van der Waals surface area contributed by atoms with Gasteiger partial charge in [0.1, 0.15) is 23.9 Å². The van der Waals surface area contributed by atoms with Gasteiger partial charge in [-0.3, -0.25) is 24.0 Å². The van der Waals surface area contributed by atoms with Crippen LogP contribution >= 0.6 is 0 Å². The van der Waals surface area contributed by atoms with Crippen LogP contribution in [0.1, 0.15) is 36.9 Å². The van der Waals surface area contributed by atoms with E-state index in [2.05, 4.69) is 25.9 Å². The third kappa shape index (κ3) is 11.3. The highest BCUT2D eigenvalue weighted by Gasteiger charge is 2.31. The molecule has 16 heteroatoms. The van der Waals surface area contributed by atoms with E-state index in [1.165, 1.54) is 36.8 Å². The highest BCUT2D eigenvalue weighted by molar-refractivity contribution is 5.94. The van der Waals surface area contributed by atoms with Crippen molar-refractivity contribution in [2.24, 2.45) is 5.73 Å². The topological polar surface area (TPSA) is 274 Å². The molecule has 41 heavy (non-hydrogen) atoms. The van der Waals surface area contributed by atoms with E-state index < -0.39 is 79.1 Å². The number of carbonyl (C=O) groups is 6. The van der Waals surface area contributed by atoms with Gasteiger partial charge in [0, 0.05) is 37.6 Å². The summed E-state index contributed by atoms with van der Waals surface area (Å²) in [6, 6.07) is 0.0870. The second-order valence-electron chi connectivity index (χ2n) is 9.14. The van der Waals surface area contributed by atoms with Crippen molar-refractivity contribution in [3.8, 4) is 5.75 Å². The molecule has 0 bridgehead atoms. The summed E-state index contributed by atoms with van der Waals surface area (Å²) in [5.74, 6) is -6.62. The molecule has 0 saturated heterocycles. The van der Waals surface area contributed by atoms with E-state index in [0.29, 0.717) is 11.3 Å². The first-order valence-corrected chi connectivity index (χ1v) is 12.4. The molecule has 16 nitrogen and oxygen atoms in total. The maximum absolute atomic E-state index is 13.3. The molecular formula is C25H32N6O10. The highest BCUT2D eigenvalue weighted by Crippen LogP contribution is 2.12. The Morgan fingerprint density at radius 3 is 1.90 bits per heavy atom. The molecule has 2 rings (SSSR count). The molecule has 0 saturated carbocycles. The van der Waals surface area contributed by atoms with Gasteiger partial charge in [-0.05, 0) is 30.5 Å². The van der Waals surface area contributed by atoms with Crippen LogP contribution in [0.15, 0.2) is 36.8 Å². The van der Waals surface area contributed by atoms with E-state index in [1.54, 1.807) is 0 Å². The van der Waals surface area contributed by atoms with Crippen LogP contribution in [0, 0.1) is 0 Å². The normalized spacial score (nSPS) is 13.7. The Balaban J connectivity index is 2.24. The van der Waals surface area contributed by atoms with Gasteiger partial charge in [-0.25, -0.2) is 9.78 Å². The number of nitrogens with one attached hydrogen (secondary N) is 4. The van der Waals surface area contributed by atoms with E-state index >= 15 is 0 Å². The van der Waals surface area contributed by atoms with Crippen LogP contribution < -0.4 is 21.7 Å². The Kier molecular flexibility index (Phi) is 12.2. The SMILES string of the molecule is NC(CCC(=O)O)C(=O)NC(Cc1ccc(O)cc1)C(=O)NC(CCC(=O)O)C(=O)NC(Cc1cnc[nH]1)C(=O)O. The van der Waals surface area contributed by atoms with Gasteiger partial charge in [-0.2, -0.15) is 0 Å². The average Bonchev–Trinajstić information content (AvgIpc) is 3.42. The molecule has 0 aliphatic heterocycles. The number of benzene rings is 1. The number of nitrogens with two attached hydrogens (primary N) is 1. The molecule has 0 spiro atoms. The maximum atomic E-state index is 13.3. The number of amides is 3. The predicted molar refractivity (Wildman–Crippen MR) is 139 cm³/mol. The monoisotopic (exact) mass is 576 g/mol. The quantitative estimate of drug-likeness (QED) is 0.104. The number of hydrogen-bond donors (Lipinski definition) is 9. The average molecular weight is 577 g/mol. The van der Waals surface area contributed by atoms with Gasteiger partial charge in [0.05, 0.1) is 12.4 Å². The summed E-state index contributed by atoms with van der Waals surface area (Å²) in [4.78, 5) is 79.3. The number of carboxylic acid groups (broad SMARTS) is 3. The number of phenolic OH excluding ortho intramolecular Hbond substituents is 1. The van der Waals surface area contributed by atoms with Crippen molar-refractivity contribution in [1.29, 1.82) is 0 Å². The minimum atomic E-state index is -1.50. The molecule has 2 aromatic rings. The molecule has 1 aromatic carbocycles. The van der Waals surface area contributed by atoms with E-state index in [0.717, 1.165) is 0 Å². The van der Waals surface area contributed by atoms with Crippen molar-refractivity contribution in [2.45, 2.75) is 62.7 Å². The first kappa shape index (κ1) is 32.2. The summed E-state index contributed by atoms with van der Waals surface area (Å²) < 4.78 is 0. The van der Waals surface area contributed by atoms with Crippen molar-refractivity contribution in [1.82, 2.24) is 25.9 Å². The second-order valence-corrected chi connectivity index (χ2v) is 9.14. The molecule has 0 aliphatic carbocycles. The van der Waals surface area contributed by atoms with Crippen molar-refractivity contribution < 1.29 is 49.2 Å². The van der Waals surface area contributed by atoms with Crippen LogP contribution in [0.3, 0.4) is 0 Å². The fourth-order valence-corrected chi connectivity index (χ4v) is 3.66. The number of aromatic amines is 1. The summed E-state index contributed by atoms with van der Waals surface area (Å²) >= 11 is 0. The van der Waals surface area contributed by atoms with Crippen LogP contribution in [0.25, 0.3) is 0 Å². The Hall–Kier alpha value is -4.99. The van der Waals surface area contributed by atoms with Gasteiger partial charge >= 0.3 is 17.9 Å². The van der Waals surface area contributed by atoms with Crippen LogP contribution in [0.2, 0.25) is 0 Å². The van der Waals surface area contributed by atoms with Crippen LogP contribution in [-0.4, -0.2) is 90.2 Å². The van der Waals surface area contributed by atoms with Gasteiger partial charge < -0.3 is 47.1 Å². The standard InChI is InChI=1S/C25H32N6O10/c26-16(5-7-20(33)34)22(37)30-18(9-13-1-3-15(32)4-2-13)24(39)29-17(6-8-21(35)36)23(38)31-19(25(40)41)10-14-11-27-12-28-14/h1-4,11-12,16-19,32H,5-10,26H2,(H,27,28)(H,29,39)(H,30,37)(H,31,38)(H,33,34)(H,35,36)(H,40,41). The summed E-state index contributed by atoms with van der Waals surface area (Å²) in [5.41, 5.74) is 6.65. The zero-order valence-corrected chi connectivity index (χ0v) is 21.8. The highest BCUT2D eigenvalue weighted by atomic mass is 16.4. The van der Waals surface area contributed by atoms with Crippen LogP contribution in [0.5, 0.6) is 5.75 Å². The van der Waals surface area contributed by atoms with E-state index in [4.69, 9.17) is 15.9 Å². The second kappa shape index (κ2) is 15.6. The lowest BCUT2D eigenvalue weighted by atomic mass is 10.0. The van der Waals surface area contributed by atoms with Gasteiger partial charge in [-0.15, -0.1) is 0 Å². The number of aromatic nitrogens is 2. The lowest BCUT2D eigenvalue weighted by Gasteiger charge is -2.25. The van der Waals surface area contributed by atoms with E-state index in [1.807, 2.05) is 0 Å². The number of phenols is 1. The van der Waals surface area contributed by atoms with Gasteiger partial charge in [0.2, 0.25) is 17.7 Å². The zero-order valence-electron chi connectivity index (χ0n) is 21.8. The Bertz CT molecular complexity index is 1220. The van der Waals surface area contributed by atoms with Crippen LogP contribution in [0.4, 0.5) is 0 Å². The van der Waals surface area contributed by atoms with Crippen molar-refractivity contribution in [3.63, 3.8) is 0 Å². The number of imidazole rings is 1. The third-order valence-electron chi connectivity index (χ3n) is 5.89. The number of aromatic hydroxyl groups is 1. The Labute approximate surface area is 233 Å². The smallest absolute Gasteiger partial charge is 0.326 e. The van der Waals surface area contributed by atoms with Crippen molar-refractivity contribution >= 4 is 35.6 Å². The Morgan fingerprint density at radius 2 is 1.34 bits per heavy atom. The molecule has 0 aliphatic rings. The van der Waals surface area contributed by atoms with Crippen molar-refractivity contribution in [3.05, 3.63) is 48.0 Å². The first-order chi connectivity index (χ1) is 19.3. The number of carbonyl (C=O) groups excluding carboxylic acids is 3. The zero-order chi connectivity index (χ0) is 30.5. The number of H-pyrrole nitrogens is 1. The third-order valence-corrected chi connectivity index (χ3v) is 5.89. The Morgan fingerprint density at radius 1 is 0.780 bits per heavy atom. The van der Waals surface area contributed by atoms with Crippen LogP contribution in [-0.2, 0) is 41.6 Å². The number of nitrogens with zero attached hydrogens (tertiary/aromatic N) is 1. The molecule has 3 amide bonds. The predicted octanol–water partition coefficient (Wildman–Crippen LogP) is -1.50. The minimum Gasteiger partial charge on any atom is -0.508 e. The molecule has 4 atom stereocenters. The summed E-state index contributed by atoms with van der Waals surface area (Å²) in [5, 5.41) is 44.2. The number of hydrogen-bond acceptors (Lipinski definition) is 9. The molecule has 10 N–H and O–H groups in total. The molecule has 0 radical (unpaired) electrons. The lowest BCUT2D eigenvalue weighted by Crippen LogP contribution is -2.57. The number of aliphatic carboxylic acids is 3. The molecule has 1 heterocycles. The number of carboxylic acids is 3. The van der Waals surface area contributed by atoms with E-state index in [9.17, 15) is 39.0 Å². The summed E-state index contributed by atoms with van der Waals surface area (Å²) in [6.45, 7) is 0. The summed E-state index contributed by atoms with van der Waals surface area (Å²) in [6.07, 6.45) is 0.802. The lowest BCUT2D eigenvalue weighted by molar-refractivity contribution is -0.143. The molecular weight excluding hydrogens is 544 g/mol. The fourth-order valence-electron chi connectivity index (χ4n) is 3.66. The molecule has 0 fully saturated rings. The van der Waals surface area contributed by atoms with Gasteiger partial charge in [0.15, 0.2) is 0 Å². The fraction of sp³-hybridized carbons (Fsp3) is 0.400. The number of rotatable bonds is 17. The molecule has 222 valence electrons. The van der Waals surface area contributed by atoms with Crippen molar-refractivity contribution in [2.75, 3.05) is 0 Å². The maximum Gasteiger partial charge on any atom is 0.326 e. The first-order valence-electron chi connectivity index (χ1n) is 12.4. The largest absolute Gasteiger partial charge is 0.508 e. The molecule has 4 unspecified atom stereocenters. The van der Waals surface area contributed by atoms with Gasteiger partial charge in [0.25, 0.3) is 0 Å². The van der Waals surface area contributed by atoms with E-state index in [-0.39, 0.29) is 25.0 Å². The minimum absolute atomic E-state index is 0.0528. The summed E-state index contributed by atoms with van der Waals surface area (Å²) in [7, 11) is 0. The van der Waals surface area contributed by atoms with Gasteiger partial charge in [-0.1, -0.05) is 12.1 Å². The molecule has 1 aromatic heterocycles.